The molecule has 0 saturated heterocycles. The highest BCUT2D eigenvalue weighted by Crippen LogP contribution is 2.33. The number of hydrogen-bond acceptors (Lipinski definition) is 4. The minimum Gasteiger partial charge on any atom is -0.396 e. The SMILES string of the molecule is Nc1c(C(=O)Nc2ccc(Cl)cc2Br)sc2cccnc12. The molecule has 1 amide bonds. The standard InChI is InChI=1S/C14H9BrClN3OS/c15-8-6-7(16)3-4-9(8)19-14(20)13-11(17)12-10(21-13)2-1-5-18-12/h1-6H,17H2,(H,19,20). The van der Waals surface area contributed by atoms with Gasteiger partial charge >= 0.3 is 0 Å². The van der Waals surface area contributed by atoms with Crippen LogP contribution in [0.4, 0.5) is 11.4 Å². The van der Waals surface area contributed by atoms with Crippen molar-refractivity contribution >= 4 is 66.4 Å². The van der Waals surface area contributed by atoms with Crippen LogP contribution in [0.3, 0.4) is 0 Å². The fourth-order valence-corrected chi connectivity index (χ4v) is 3.64. The highest BCUT2D eigenvalue weighted by Gasteiger charge is 2.17. The Balaban J connectivity index is 1.95. The number of carbonyl (C=O) groups is 1. The van der Waals surface area contributed by atoms with Crippen LogP contribution in [0.25, 0.3) is 10.2 Å². The highest BCUT2D eigenvalue weighted by molar-refractivity contribution is 9.10. The molecule has 0 bridgehead atoms. The number of amides is 1. The largest absolute Gasteiger partial charge is 0.396 e. The Morgan fingerprint density at radius 3 is 2.90 bits per heavy atom. The second kappa shape index (κ2) is 5.63. The second-order valence-electron chi connectivity index (χ2n) is 4.27. The van der Waals surface area contributed by atoms with Gasteiger partial charge in [-0.05, 0) is 46.3 Å². The van der Waals surface area contributed by atoms with Crippen molar-refractivity contribution in [1.29, 1.82) is 0 Å². The number of hydrogen-bond donors (Lipinski definition) is 2. The molecule has 0 atom stereocenters. The second-order valence-corrected chi connectivity index (χ2v) is 6.62. The lowest BCUT2D eigenvalue weighted by atomic mass is 10.3. The zero-order chi connectivity index (χ0) is 15.0. The maximum Gasteiger partial charge on any atom is 0.267 e. The molecule has 3 rings (SSSR count). The van der Waals surface area contributed by atoms with E-state index in [1.165, 1.54) is 11.3 Å². The van der Waals surface area contributed by atoms with Crippen molar-refractivity contribution in [3.63, 3.8) is 0 Å². The number of pyridine rings is 1. The molecule has 0 aliphatic rings. The summed E-state index contributed by atoms with van der Waals surface area (Å²) in [4.78, 5) is 17.0. The summed E-state index contributed by atoms with van der Waals surface area (Å²) in [6, 6.07) is 8.85. The third-order valence-corrected chi connectivity index (χ3v) is 4.92. The number of halogens is 2. The summed E-state index contributed by atoms with van der Waals surface area (Å²) in [5, 5.41) is 3.40. The van der Waals surface area contributed by atoms with Crippen LogP contribution in [-0.2, 0) is 0 Å². The van der Waals surface area contributed by atoms with E-state index >= 15 is 0 Å². The maximum atomic E-state index is 12.4. The van der Waals surface area contributed by atoms with Gasteiger partial charge in [0.2, 0.25) is 0 Å². The van der Waals surface area contributed by atoms with Gasteiger partial charge < -0.3 is 11.1 Å². The van der Waals surface area contributed by atoms with Gasteiger partial charge in [-0.25, -0.2) is 0 Å². The predicted molar refractivity (Wildman–Crippen MR) is 91.1 cm³/mol. The average Bonchev–Trinajstić information content (AvgIpc) is 2.80. The molecule has 21 heavy (non-hydrogen) atoms. The number of anilines is 2. The van der Waals surface area contributed by atoms with Crippen LogP contribution in [0.2, 0.25) is 5.02 Å². The molecular weight excluding hydrogens is 374 g/mol. The van der Waals surface area contributed by atoms with E-state index in [2.05, 4.69) is 26.2 Å². The molecule has 0 aliphatic heterocycles. The molecule has 2 heterocycles. The van der Waals surface area contributed by atoms with Gasteiger partial charge in [-0.3, -0.25) is 9.78 Å². The van der Waals surface area contributed by atoms with E-state index in [1.807, 2.05) is 12.1 Å². The number of thiophene rings is 1. The lowest BCUT2D eigenvalue weighted by molar-refractivity contribution is 0.103. The number of nitrogens with one attached hydrogen (secondary N) is 1. The Morgan fingerprint density at radius 2 is 2.19 bits per heavy atom. The summed E-state index contributed by atoms with van der Waals surface area (Å²) < 4.78 is 1.59. The maximum absolute atomic E-state index is 12.4. The molecule has 3 N–H and O–H groups in total. The van der Waals surface area contributed by atoms with Crippen molar-refractivity contribution in [2.75, 3.05) is 11.1 Å². The van der Waals surface area contributed by atoms with Crippen molar-refractivity contribution < 1.29 is 4.79 Å². The molecule has 3 aromatic rings. The highest BCUT2D eigenvalue weighted by atomic mass is 79.9. The van der Waals surface area contributed by atoms with Crippen LogP contribution in [0.5, 0.6) is 0 Å². The summed E-state index contributed by atoms with van der Waals surface area (Å²) in [6.07, 6.45) is 1.66. The van der Waals surface area contributed by atoms with Crippen LogP contribution in [0.15, 0.2) is 41.0 Å². The molecule has 0 saturated carbocycles. The van der Waals surface area contributed by atoms with Gasteiger partial charge in [-0.15, -0.1) is 11.3 Å². The monoisotopic (exact) mass is 381 g/mol. The Kier molecular flexibility index (Phi) is 3.84. The Hall–Kier alpha value is -1.63. The molecule has 0 spiro atoms. The Morgan fingerprint density at radius 1 is 1.38 bits per heavy atom. The van der Waals surface area contributed by atoms with Gasteiger partial charge in [0.05, 0.1) is 16.1 Å². The van der Waals surface area contributed by atoms with Gasteiger partial charge in [-0.2, -0.15) is 0 Å². The van der Waals surface area contributed by atoms with Gasteiger partial charge in [0, 0.05) is 15.7 Å². The van der Waals surface area contributed by atoms with Crippen LogP contribution in [0, 0.1) is 0 Å². The van der Waals surface area contributed by atoms with Crippen LogP contribution >= 0.6 is 38.9 Å². The fraction of sp³-hybridized carbons (Fsp3) is 0. The van der Waals surface area contributed by atoms with Crippen molar-refractivity contribution in [3.8, 4) is 0 Å². The number of aromatic nitrogens is 1. The molecule has 0 radical (unpaired) electrons. The van der Waals surface area contributed by atoms with Gasteiger partial charge in [0.1, 0.15) is 10.4 Å². The number of nitrogens with zero attached hydrogens (tertiary/aromatic N) is 1. The number of rotatable bonds is 2. The molecule has 7 heteroatoms. The minimum atomic E-state index is -0.265. The van der Waals surface area contributed by atoms with Crippen molar-refractivity contribution in [2.24, 2.45) is 0 Å². The van der Waals surface area contributed by atoms with Gasteiger partial charge in [0.25, 0.3) is 5.91 Å². The molecule has 106 valence electrons. The third kappa shape index (κ3) is 2.74. The summed E-state index contributed by atoms with van der Waals surface area (Å²) in [7, 11) is 0. The molecular formula is C14H9BrClN3OS. The molecule has 0 fully saturated rings. The van der Waals surface area contributed by atoms with Crippen molar-refractivity contribution in [3.05, 3.63) is 50.9 Å². The number of nitrogens with two attached hydrogens (primary N) is 1. The molecule has 0 unspecified atom stereocenters. The first-order chi connectivity index (χ1) is 10.1. The third-order valence-electron chi connectivity index (χ3n) is 2.87. The lowest BCUT2D eigenvalue weighted by Gasteiger charge is -2.07. The van der Waals surface area contributed by atoms with Crippen LogP contribution < -0.4 is 11.1 Å². The van der Waals surface area contributed by atoms with Gasteiger partial charge in [-0.1, -0.05) is 11.6 Å². The lowest BCUT2D eigenvalue weighted by Crippen LogP contribution is -2.12. The molecule has 1 aromatic carbocycles. The predicted octanol–water partition coefficient (Wildman–Crippen LogP) is 4.55. The zero-order valence-corrected chi connectivity index (χ0v) is 13.7. The summed E-state index contributed by atoms with van der Waals surface area (Å²) in [5.74, 6) is -0.265. The number of carbonyl (C=O) groups excluding carboxylic acids is 1. The summed E-state index contributed by atoms with van der Waals surface area (Å²) in [6.45, 7) is 0. The van der Waals surface area contributed by atoms with Crippen LogP contribution in [0.1, 0.15) is 9.67 Å². The normalized spacial score (nSPS) is 10.8. The minimum absolute atomic E-state index is 0.265. The van der Waals surface area contributed by atoms with Gasteiger partial charge in [0.15, 0.2) is 0 Å². The zero-order valence-electron chi connectivity index (χ0n) is 10.6. The average molecular weight is 383 g/mol. The summed E-state index contributed by atoms with van der Waals surface area (Å²) in [5.41, 5.74) is 7.70. The van der Waals surface area contributed by atoms with E-state index in [1.54, 1.807) is 24.4 Å². The molecule has 2 aromatic heterocycles. The smallest absolute Gasteiger partial charge is 0.267 e. The Bertz CT molecular complexity index is 849. The topological polar surface area (TPSA) is 68.0 Å². The number of fused-ring (bicyclic) bond motifs is 1. The van der Waals surface area contributed by atoms with E-state index in [4.69, 9.17) is 17.3 Å². The van der Waals surface area contributed by atoms with E-state index < -0.39 is 0 Å². The van der Waals surface area contributed by atoms with E-state index in [9.17, 15) is 4.79 Å². The first-order valence-electron chi connectivity index (χ1n) is 5.95. The van der Waals surface area contributed by atoms with Crippen LogP contribution in [-0.4, -0.2) is 10.9 Å². The number of nitrogen functional groups attached to an aromatic ring is 1. The van der Waals surface area contributed by atoms with Crippen molar-refractivity contribution in [1.82, 2.24) is 4.98 Å². The van der Waals surface area contributed by atoms with E-state index in [0.29, 0.717) is 31.3 Å². The summed E-state index contributed by atoms with van der Waals surface area (Å²) >= 11 is 10.6. The van der Waals surface area contributed by atoms with E-state index in [-0.39, 0.29) is 5.91 Å². The molecule has 0 aliphatic carbocycles. The first kappa shape index (κ1) is 14.3. The van der Waals surface area contributed by atoms with Crippen molar-refractivity contribution in [2.45, 2.75) is 0 Å². The Labute approximate surface area is 138 Å². The molecule has 4 nitrogen and oxygen atoms in total. The van der Waals surface area contributed by atoms with E-state index in [0.717, 1.165) is 4.70 Å². The quantitative estimate of drug-likeness (QED) is 0.683. The number of benzene rings is 1. The first-order valence-corrected chi connectivity index (χ1v) is 7.94. The fourth-order valence-electron chi connectivity index (χ4n) is 1.89.